The number of rotatable bonds is 1. The smallest absolute Gasteiger partial charge is 0.427 e. The summed E-state index contributed by atoms with van der Waals surface area (Å²) < 4.78 is 0. The minimum atomic E-state index is -1.08. The van der Waals surface area contributed by atoms with E-state index in [0.717, 1.165) is 25.9 Å². The van der Waals surface area contributed by atoms with Crippen LogP contribution in [0.25, 0.3) is 0 Å². The van der Waals surface area contributed by atoms with E-state index in [1.54, 1.807) is 0 Å². The Kier molecular flexibility index (Phi) is 1.31. The summed E-state index contributed by atoms with van der Waals surface area (Å²) >= 11 is 0. The van der Waals surface area contributed by atoms with Crippen LogP contribution in [-0.4, -0.2) is 30.3 Å². The zero-order valence-electron chi connectivity index (χ0n) is 5.88. The first-order valence-electron chi connectivity index (χ1n) is 3.82. The molecule has 1 saturated heterocycles. The Hall–Kier alpha value is -0.0551. The SMILES string of the molecule is OB(O)C12CCNCC1C2. The quantitative estimate of drug-likeness (QED) is 0.419. The fraction of sp³-hybridized carbons (Fsp3) is 1.00. The van der Waals surface area contributed by atoms with Crippen LogP contribution in [0.1, 0.15) is 12.8 Å². The summed E-state index contributed by atoms with van der Waals surface area (Å²) in [5.74, 6) is 0.529. The number of nitrogens with one attached hydrogen (secondary N) is 1. The molecule has 56 valence electrons. The minimum absolute atomic E-state index is 0.106. The molecule has 1 heterocycles. The van der Waals surface area contributed by atoms with Crippen LogP contribution in [-0.2, 0) is 0 Å². The molecule has 1 aliphatic heterocycles. The van der Waals surface area contributed by atoms with Crippen molar-refractivity contribution in [1.82, 2.24) is 5.32 Å². The molecule has 0 amide bonds. The average molecular weight is 141 g/mol. The predicted octanol–water partition coefficient (Wildman–Crippen LogP) is -0.787. The molecule has 2 atom stereocenters. The van der Waals surface area contributed by atoms with Gasteiger partial charge in [-0.15, -0.1) is 0 Å². The topological polar surface area (TPSA) is 52.5 Å². The van der Waals surface area contributed by atoms with Crippen LogP contribution in [0.5, 0.6) is 0 Å². The van der Waals surface area contributed by atoms with Gasteiger partial charge in [0.15, 0.2) is 0 Å². The summed E-state index contributed by atoms with van der Waals surface area (Å²) in [7, 11) is -1.08. The molecule has 2 unspecified atom stereocenters. The highest BCUT2D eigenvalue weighted by Gasteiger charge is 2.61. The molecular formula is C6H12BNO2. The summed E-state index contributed by atoms with van der Waals surface area (Å²) in [6.07, 6.45) is 1.92. The Bertz CT molecular complexity index is 153. The lowest BCUT2D eigenvalue weighted by Crippen LogP contribution is -2.34. The zero-order valence-corrected chi connectivity index (χ0v) is 5.88. The van der Waals surface area contributed by atoms with Crippen LogP contribution in [0.4, 0.5) is 0 Å². The van der Waals surface area contributed by atoms with E-state index in [4.69, 9.17) is 10.0 Å². The summed E-state index contributed by atoms with van der Waals surface area (Å²) in [5.41, 5.74) is 0. The second-order valence-electron chi connectivity index (χ2n) is 3.46. The largest absolute Gasteiger partial charge is 0.458 e. The van der Waals surface area contributed by atoms with Crippen LogP contribution < -0.4 is 5.32 Å². The summed E-state index contributed by atoms with van der Waals surface area (Å²) in [6, 6.07) is 0. The summed E-state index contributed by atoms with van der Waals surface area (Å²) in [4.78, 5) is 0. The third-order valence-corrected chi connectivity index (χ3v) is 2.95. The van der Waals surface area contributed by atoms with E-state index in [2.05, 4.69) is 5.32 Å². The van der Waals surface area contributed by atoms with Crippen molar-refractivity contribution in [2.45, 2.75) is 18.2 Å². The van der Waals surface area contributed by atoms with E-state index in [1.165, 1.54) is 0 Å². The highest BCUT2D eigenvalue weighted by atomic mass is 16.4. The highest BCUT2D eigenvalue weighted by molar-refractivity contribution is 6.47. The summed E-state index contributed by atoms with van der Waals surface area (Å²) in [5, 5.41) is 21.1. The Labute approximate surface area is 60.6 Å². The van der Waals surface area contributed by atoms with Gasteiger partial charge >= 0.3 is 7.12 Å². The van der Waals surface area contributed by atoms with Gasteiger partial charge in [0, 0.05) is 5.31 Å². The minimum Gasteiger partial charge on any atom is -0.427 e. The Morgan fingerprint density at radius 3 is 2.80 bits per heavy atom. The number of hydrogen-bond acceptors (Lipinski definition) is 3. The molecule has 0 bridgehead atoms. The molecule has 3 nitrogen and oxygen atoms in total. The van der Waals surface area contributed by atoms with E-state index < -0.39 is 7.12 Å². The third-order valence-electron chi connectivity index (χ3n) is 2.95. The first-order valence-corrected chi connectivity index (χ1v) is 3.82. The molecule has 2 aliphatic rings. The monoisotopic (exact) mass is 141 g/mol. The second kappa shape index (κ2) is 1.97. The molecule has 1 aliphatic carbocycles. The molecule has 0 aromatic rings. The highest BCUT2D eigenvalue weighted by Crippen LogP contribution is 2.64. The Morgan fingerprint density at radius 1 is 1.50 bits per heavy atom. The molecule has 0 aromatic heterocycles. The molecule has 3 N–H and O–H groups in total. The van der Waals surface area contributed by atoms with Crippen molar-refractivity contribution in [3.8, 4) is 0 Å². The van der Waals surface area contributed by atoms with Gasteiger partial charge in [-0.2, -0.15) is 0 Å². The lowest BCUT2D eigenvalue weighted by atomic mass is 9.64. The first-order chi connectivity index (χ1) is 4.76. The summed E-state index contributed by atoms with van der Waals surface area (Å²) in [6.45, 7) is 1.91. The van der Waals surface area contributed by atoms with Crippen molar-refractivity contribution in [2.24, 2.45) is 5.92 Å². The maximum atomic E-state index is 9.01. The van der Waals surface area contributed by atoms with Gasteiger partial charge in [0.1, 0.15) is 0 Å². The van der Waals surface area contributed by atoms with Crippen LogP contribution in [0.15, 0.2) is 0 Å². The predicted molar refractivity (Wildman–Crippen MR) is 38.5 cm³/mol. The number of fused-ring (bicyclic) bond motifs is 1. The van der Waals surface area contributed by atoms with E-state index in [9.17, 15) is 0 Å². The van der Waals surface area contributed by atoms with Crippen molar-refractivity contribution in [3.63, 3.8) is 0 Å². The van der Waals surface area contributed by atoms with E-state index in [-0.39, 0.29) is 5.31 Å². The van der Waals surface area contributed by atoms with Gasteiger partial charge in [-0.05, 0) is 31.8 Å². The molecular weight excluding hydrogens is 129 g/mol. The molecule has 2 fully saturated rings. The van der Waals surface area contributed by atoms with Crippen LogP contribution in [0, 0.1) is 5.92 Å². The van der Waals surface area contributed by atoms with Gasteiger partial charge in [0.25, 0.3) is 0 Å². The van der Waals surface area contributed by atoms with Crippen molar-refractivity contribution < 1.29 is 10.0 Å². The van der Waals surface area contributed by atoms with Crippen LogP contribution in [0.3, 0.4) is 0 Å². The standard InChI is InChI=1S/C6H12BNO2/c9-7(10)6-1-2-8-4-5(6)3-6/h5,8-10H,1-4H2. The van der Waals surface area contributed by atoms with Crippen LogP contribution >= 0.6 is 0 Å². The molecule has 0 radical (unpaired) electrons. The Morgan fingerprint density at radius 2 is 2.30 bits per heavy atom. The average Bonchev–Trinajstić information content (AvgIpc) is 2.61. The lowest BCUT2D eigenvalue weighted by molar-refractivity contribution is 0.349. The fourth-order valence-corrected chi connectivity index (χ4v) is 2.02. The normalized spacial score (nSPS) is 44.4. The van der Waals surface area contributed by atoms with Gasteiger partial charge in [-0.25, -0.2) is 0 Å². The molecule has 1 saturated carbocycles. The number of hydrogen-bond donors (Lipinski definition) is 3. The van der Waals surface area contributed by atoms with Gasteiger partial charge in [-0.3, -0.25) is 0 Å². The molecule has 0 spiro atoms. The lowest BCUT2D eigenvalue weighted by Gasteiger charge is -2.21. The van der Waals surface area contributed by atoms with Crippen molar-refractivity contribution >= 4 is 7.12 Å². The third kappa shape index (κ3) is 0.728. The van der Waals surface area contributed by atoms with Crippen molar-refractivity contribution in [3.05, 3.63) is 0 Å². The van der Waals surface area contributed by atoms with Crippen molar-refractivity contribution in [1.29, 1.82) is 0 Å². The van der Waals surface area contributed by atoms with Crippen LogP contribution in [0.2, 0.25) is 5.31 Å². The fourth-order valence-electron chi connectivity index (χ4n) is 2.02. The molecule has 2 rings (SSSR count). The first kappa shape index (κ1) is 6.64. The van der Waals surface area contributed by atoms with Gasteiger partial charge in [0.2, 0.25) is 0 Å². The maximum absolute atomic E-state index is 9.01. The molecule has 0 aromatic carbocycles. The van der Waals surface area contributed by atoms with E-state index in [0.29, 0.717) is 5.92 Å². The van der Waals surface area contributed by atoms with Crippen molar-refractivity contribution in [2.75, 3.05) is 13.1 Å². The maximum Gasteiger partial charge on any atom is 0.458 e. The zero-order chi connectivity index (χ0) is 7.19. The van der Waals surface area contributed by atoms with E-state index in [1.807, 2.05) is 0 Å². The second-order valence-corrected chi connectivity index (χ2v) is 3.46. The van der Waals surface area contributed by atoms with Gasteiger partial charge in [-0.1, -0.05) is 0 Å². The Balaban J connectivity index is 2.05. The van der Waals surface area contributed by atoms with Gasteiger partial charge < -0.3 is 15.4 Å². The van der Waals surface area contributed by atoms with Gasteiger partial charge in [0.05, 0.1) is 0 Å². The molecule has 10 heavy (non-hydrogen) atoms. The van der Waals surface area contributed by atoms with E-state index >= 15 is 0 Å². The molecule has 4 heteroatoms. The number of piperidine rings is 1.